The minimum Gasteiger partial charge on any atom is -0.484 e. The van der Waals surface area contributed by atoms with Crippen LogP contribution >= 0.6 is 11.8 Å². The number of anilines is 1. The summed E-state index contributed by atoms with van der Waals surface area (Å²) in [6.07, 6.45) is 0.969. The van der Waals surface area contributed by atoms with Gasteiger partial charge in [-0.05, 0) is 43.2 Å². The van der Waals surface area contributed by atoms with Crippen molar-refractivity contribution in [3.05, 3.63) is 65.5 Å². The van der Waals surface area contributed by atoms with Gasteiger partial charge < -0.3 is 14.5 Å². The van der Waals surface area contributed by atoms with Crippen molar-refractivity contribution in [1.82, 2.24) is 10.2 Å². The van der Waals surface area contributed by atoms with E-state index >= 15 is 0 Å². The number of thioether (sulfide) groups is 1. The molecule has 0 atom stereocenters. The molecule has 1 amide bonds. The molecule has 0 aliphatic carbocycles. The van der Waals surface area contributed by atoms with E-state index in [9.17, 15) is 4.79 Å². The summed E-state index contributed by atoms with van der Waals surface area (Å²) in [5.41, 5.74) is 3.17. The van der Waals surface area contributed by atoms with Gasteiger partial charge in [-0.1, -0.05) is 48.5 Å². The Morgan fingerprint density at radius 3 is 2.56 bits per heavy atom. The average molecular weight is 383 g/mol. The molecule has 0 aliphatic heterocycles. The number of hydrogen-bond acceptors (Lipinski definition) is 6. The van der Waals surface area contributed by atoms with Crippen molar-refractivity contribution in [3.63, 3.8) is 0 Å². The molecule has 7 heteroatoms. The lowest BCUT2D eigenvalue weighted by Gasteiger charge is -2.05. The number of carbonyl (C=O) groups is 1. The van der Waals surface area contributed by atoms with Gasteiger partial charge in [0, 0.05) is 5.69 Å². The largest absolute Gasteiger partial charge is 0.484 e. The van der Waals surface area contributed by atoms with Crippen LogP contribution in [0.25, 0.3) is 0 Å². The third-order valence-electron chi connectivity index (χ3n) is 3.80. The smallest absolute Gasteiger partial charge is 0.277 e. The van der Waals surface area contributed by atoms with E-state index < -0.39 is 0 Å². The highest BCUT2D eigenvalue weighted by molar-refractivity contribution is 7.99. The number of ether oxygens (including phenoxy) is 1. The molecule has 0 unspecified atom stereocenters. The van der Waals surface area contributed by atoms with Gasteiger partial charge in [0.15, 0.2) is 6.61 Å². The van der Waals surface area contributed by atoms with Crippen molar-refractivity contribution < 1.29 is 13.9 Å². The van der Waals surface area contributed by atoms with Crippen LogP contribution in [0.4, 0.5) is 5.69 Å². The summed E-state index contributed by atoms with van der Waals surface area (Å²) in [5, 5.41) is 11.1. The third-order valence-corrected chi connectivity index (χ3v) is 4.62. The van der Waals surface area contributed by atoms with Gasteiger partial charge in [0.2, 0.25) is 5.91 Å². The van der Waals surface area contributed by atoms with Crippen molar-refractivity contribution >= 4 is 23.4 Å². The Hall–Kier alpha value is -2.80. The predicted octanol–water partition coefficient (Wildman–Crippen LogP) is 4.25. The monoisotopic (exact) mass is 383 g/mol. The summed E-state index contributed by atoms with van der Waals surface area (Å²) in [5.74, 6) is 1.17. The number of aromatic nitrogens is 2. The molecule has 3 rings (SSSR count). The van der Waals surface area contributed by atoms with E-state index in [1.54, 1.807) is 0 Å². The molecule has 0 aliphatic rings. The topological polar surface area (TPSA) is 77.2 Å². The summed E-state index contributed by atoms with van der Waals surface area (Å²) in [7, 11) is 0. The molecule has 27 heavy (non-hydrogen) atoms. The number of hydrogen-bond donors (Lipinski definition) is 1. The molecule has 0 radical (unpaired) electrons. The number of nitrogens with one attached hydrogen (secondary N) is 1. The molecular weight excluding hydrogens is 362 g/mol. The third kappa shape index (κ3) is 5.86. The first-order valence-corrected chi connectivity index (χ1v) is 9.64. The standard InChI is InChI=1S/C20H21N3O3S/c1-3-15-6-8-16(9-7-15)21-18(24)13-27-20-23-22-19(26-20)12-25-17-10-4-14(2)5-11-17/h4-11H,3,12-13H2,1-2H3,(H,21,24). The van der Waals surface area contributed by atoms with E-state index in [0.717, 1.165) is 17.9 Å². The lowest BCUT2D eigenvalue weighted by atomic mass is 10.1. The molecule has 6 nitrogen and oxygen atoms in total. The first-order chi connectivity index (χ1) is 13.1. The second kappa shape index (κ2) is 9.23. The lowest BCUT2D eigenvalue weighted by Crippen LogP contribution is -2.13. The Bertz CT molecular complexity index is 876. The van der Waals surface area contributed by atoms with E-state index in [1.165, 1.54) is 22.9 Å². The molecular formula is C20H21N3O3S. The summed E-state index contributed by atoms with van der Waals surface area (Å²) in [6.45, 7) is 4.29. The van der Waals surface area contributed by atoms with Gasteiger partial charge in [-0.15, -0.1) is 10.2 Å². The molecule has 1 N–H and O–H groups in total. The zero-order chi connectivity index (χ0) is 19.1. The van der Waals surface area contributed by atoms with E-state index in [-0.39, 0.29) is 18.3 Å². The van der Waals surface area contributed by atoms with Gasteiger partial charge in [0.05, 0.1) is 5.75 Å². The van der Waals surface area contributed by atoms with Crippen LogP contribution in [0.15, 0.2) is 58.2 Å². The zero-order valence-electron chi connectivity index (χ0n) is 15.3. The fraction of sp³-hybridized carbons (Fsp3) is 0.250. The fourth-order valence-corrected chi connectivity index (χ4v) is 2.86. The van der Waals surface area contributed by atoms with Gasteiger partial charge in [0.1, 0.15) is 5.75 Å². The molecule has 0 saturated heterocycles. The number of aryl methyl sites for hydroxylation is 2. The molecule has 1 aromatic heterocycles. The number of amides is 1. The SMILES string of the molecule is CCc1ccc(NC(=O)CSc2nnc(COc3ccc(C)cc3)o2)cc1. The Balaban J connectivity index is 1.44. The van der Waals surface area contributed by atoms with Gasteiger partial charge in [0.25, 0.3) is 11.1 Å². The fourth-order valence-electron chi connectivity index (χ4n) is 2.28. The van der Waals surface area contributed by atoms with Crippen molar-refractivity contribution in [2.24, 2.45) is 0 Å². The van der Waals surface area contributed by atoms with Gasteiger partial charge in [-0.2, -0.15) is 0 Å². The lowest BCUT2D eigenvalue weighted by molar-refractivity contribution is -0.113. The normalized spacial score (nSPS) is 10.6. The van der Waals surface area contributed by atoms with Crippen LogP contribution in [-0.4, -0.2) is 21.9 Å². The average Bonchev–Trinajstić information content (AvgIpc) is 3.14. The Labute approximate surface area is 162 Å². The summed E-state index contributed by atoms with van der Waals surface area (Å²) < 4.78 is 11.1. The maximum atomic E-state index is 12.0. The number of nitrogens with zero attached hydrogens (tertiary/aromatic N) is 2. The van der Waals surface area contributed by atoms with Gasteiger partial charge in [-0.25, -0.2) is 0 Å². The van der Waals surface area contributed by atoms with Crippen LogP contribution in [0.2, 0.25) is 0 Å². The first kappa shape index (κ1) is 19.0. The highest BCUT2D eigenvalue weighted by Gasteiger charge is 2.10. The Kier molecular flexibility index (Phi) is 6.49. The van der Waals surface area contributed by atoms with E-state index in [1.807, 2.05) is 55.5 Å². The van der Waals surface area contributed by atoms with E-state index in [2.05, 4.69) is 22.4 Å². The van der Waals surface area contributed by atoms with Crippen LogP contribution in [-0.2, 0) is 17.8 Å². The van der Waals surface area contributed by atoms with E-state index in [4.69, 9.17) is 9.15 Å². The van der Waals surface area contributed by atoms with Gasteiger partial charge >= 0.3 is 0 Å². The van der Waals surface area contributed by atoms with Crippen molar-refractivity contribution in [1.29, 1.82) is 0 Å². The Morgan fingerprint density at radius 2 is 1.85 bits per heavy atom. The second-order valence-corrected chi connectivity index (χ2v) is 6.88. The van der Waals surface area contributed by atoms with Crippen LogP contribution in [0, 0.1) is 6.92 Å². The number of benzene rings is 2. The first-order valence-electron chi connectivity index (χ1n) is 8.66. The quantitative estimate of drug-likeness (QED) is 0.586. The maximum Gasteiger partial charge on any atom is 0.277 e. The summed E-state index contributed by atoms with van der Waals surface area (Å²) >= 11 is 1.19. The van der Waals surface area contributed by atoms with Gasteiger partial charge in [-0.3, -0.25) is 4.79 Å². The van der Waals surface area contributed by atoms with Crippen molar-refractivity contribution in [2.75, 3.05) is 11.1 Å². The van der Waals surface area contributed by atoms with Crippen LogP contribution in [0.3, 0.4) is 0 Å². The summed E-state index contributed by atoms with van der Waals surface area (Å²) in [6, 6.07) is 15.5. The van der Waals surface area contributed by atoms with Crippen molar-refractivity contribution in [3.8, 4) is 5.75 Å². The molecule has 0 bridgehead atoms. The molecule has 140 valence electrons. The van der Waals surface area contributed by atoms with Crippen molar-refractivity contribution in [2.45, 2.75) is 32.1 Å². The Morgan fingerprint density at radius 1 is 1.11 bits per heavy atom. The minimum atomic E-state index is -0.125. The predicted molar refractivity (Wildman–Crippen MR) is 105 cm³/mol. The maximum absolute atomic E-state index is 12.0. The van der Waals surface area contributed by atoms with E-state index in [0.29, 0.717) is 11.1 Å². The number of rotatable bonds is 8. The highest BCUT2D eigenvalue weighted by atomic mass is 32.2. The number of carbonyl (C=O) groups excluding carboxylic acids is 1. The molecule has 3 aromatic rings. The molecule has 1 heterocycles. The summed E-state index contributed by atoms with van der Waals surface area (Å²) in [4.78, 5) is 12.0. The second-order valence-electron chi connectivity index (χ2n) is 5.95. The molecule has 0 saturated carbocycles. The molecule has 0 fully saturated rings. The van der Waals surface area contributed by atoms with Crippen LogP contribution in [0.5, 0.6) is 5.75 Å². The highest BCUT2D eigenvalue weighted by Crippen LogP contribution is 2.19. The van der Waals surface area contributed by atoms with Crippen LogP contribution in [0.1, 0.15) is 23.9 Å². The van der Waals surface area contributed by atoms with Crippen LogP contribution < -0.4 is 10.1 Å². The molecule has 2 aromatic carbocycles. The zero-order valence-corrected chi connectivity index (χ0v) is 16.1. The minimum absolute atomic E-state index is 0.125. The molecule has 0 spiro atoms.